The number of alkyl halides is 2. The maximum absolute atomic E-state index is 12.5. The lowest BCUT2D eigenvalue weighted by Gasteiger charge is -2.08. The van der Waals surface area contributed by atoms with Crippen LogP contribution in [0.1, 0.15) is 35.7 Å². The number of halogens is 3. The molecule has 0 heterocycles. The Labute approximate surface area is 89.3 Å². The van der Waals surface area contributed by atoms with Crippen LogP contribution in [0, 0.1) is 0 Å². The fraction of sp³-hybridized carbons (Fsp3) is 0.300. The predicted molar refractivity (Wildman–Crippen MR) is 53.7 cm³/mol. The van der Waals surface area contributed by atoms with Crippen molar-refractivity contribution in [3.8, 4) is 0 Å². The Morgan fingerprint density at radius 1 is 1.50 bits per heavy atom. The largest absolute Gasteiger partial charge is 0.294 e. The quantitative estimate of drug-likeness (QED) is 0.754. The van der Waals surface area contributed by atoms with Crippen LogP contribution < -0.4 is 0 Å². The van der Waals surface area contributed by atoms with Crippen molar-refractivity contribution in [1.82, 2.24) is 0 Å². The van der Waals surface area contributed by atoms with Gasteiger partial charge < -0.3 is 0 Å². The van der Waals surface area contributed by atoms with E-state index in [1.807, 2.05) is 0 Å². The minimum Gasteiger partial charge on any atom is -0.294 e. The zero-order chi connectivity index (χ0) is 10.7. The van der Waals surface area contributed by atoms with Crippen LogP contribution in [0.15, 0.2) is 22.7 Å². The second kappa shape index (κ2) is 4.64. The van der Waals surface area contributed by atoms with Gasteiger partial charge in [-0.2, -0.15) is 0 Å². The lowest BCUT2D eigenvalue weighted by molar-refractivity contribution is 0.0973. The number of carbonyl (C=O) groups is 1. The third-order valence-corrected chi connectivity index (χ3v) is 2.54. The molecular weight excluding hydrogens is 254 g/mol. The van der Waals surface area contributed by atoms with Gasteiger partial charge >= 0.3 is 0 Å². The van der Waals surface area contributed by atoms with E-state index >= 15 is 0 Å². The van der Waals surface area contributed by atoms with Gasteiger partial charge in [-0.25, -0.2) is 8.78 Å². The van der Waals surface area contributed by atoms with Crippen molar-refractivity contribution in [3.05, 3.63) is 33.8 Å². The molecular formula is C10H9BrF2O. The molecule has 0 fully saturated rings. The second-order valence-electron chi connectivity index (χ2n) is 2.78. The van der Waals surface area contributed by atoms with E-state index < -0.39 is 6.43 Å². The predicted octanol–water partition coefficient (Wildman–Crippen LogP) is 3.98. The molecule has 0 aliphatic heterocycles. The molecule has 0 N–H and O–H groups in total. The molecule has 0 saturated carbocycles. The molecule has 76 valence electrons. The van der Waals surface area contributed by atoms with Gasteiger partial charge in [0.2, 0.25) is 0 Å². The fourth-order valence-corrected chi connectivity index (χ4v) is 1.80. The molecule has 1 aromatic carbocycles. The molecule has 1 rings (SSSR count). The first-order valence-corrected chi connectivity index (χ1v) is 4.97. The summed E-state index contributed by atoms with van der Waals surface area (Å²) in [5, 5.41) is 0. The number of benzene rings is 1. The van der Waals surface area contributed by atoms with Crippen molar-refractivity contribution in [3.63, 3.8) is 0 Å². The van der Waals surface area contributed by atoms with Gasteiger partial charge in [0, 0.05) is 22.0 Å². The summed E-state index contributed by atoms with van der Waals surface area (Å²) in [5.74, 6) is -0.271. The summed E-state index contributed by atoms with van der Waals surface area (Å²) in [5.41, 5.74) is -0.101. The van der Waals surface area contributed by atoms with E-state index in [2.05, 4.69) is 15.9 Å². The number of hydrogen-bond donors (Lipinski definition) is 0. The van der Waals surface area contributed by atoms with Gasteiger partial charge in [-0.15, -0.1) is 0 Å². The molecule has 1 nitrogen and oxygen atoms in total. The molecule has 0 unspecified atom stereocenters. The van der Waals surface area contributed by atoms with E-state index in [0.29, 0.717) is 4.47 Å². The molecule has 0 aliphatic rings. The van der Waals surface area contributed by atoms with Crippen LogP contribution >= 0.6 is 15.9 Å². The molecule has 0 atom stereocenters. The summed E-state index contributed by atoms with van der Waals surface area (Å²) in [7, 11) is 0. The molecule has 0 aliphatic carbocycles. The number of Topliss-reactive ketones (excluding diaryl/α,β-unsaturated/α-hetero) is 1. The topological polar surface area (TPSA) is 17.1 Å². The van der Waals surface area contributed by atoms with Crippen molar-refractivity contribution >= 4 is 21.7 Å². The molecule has 0 amide bonds. The number of hydrogen-bond acceptors (Lipinski definition) is 1. The Morgan fingerprint density at radius 2 is 2.14 bits per heavy atom. The second-order valence-corrected chi connectivity index (χ2v) is 3.64. The molecule has 4 heteroatoms. The number of rotatable bonds is 3. The SMILES string of the molecule is CCC(=O)c1c(Br)cccc1C(F)F. The van der Waals surface area contributed by atoms with E-state index in [0.717, 1.165) is 0 Å². The van der Waals surface area contributed by atoms with Crippen molar-refractivity contribution in [2.45, 2.75) is 19.8 Å². The molecule has 0 aromatic heterocycles. The lowest BCUT2D eigenvalue weighted by Crippen LogP contribution is -2.03. The van der Waals surface area contributed by atoms with Crippen LogP contribution in [0.5, 0.6) is 0 Å². The molecule has 14 heavy (non-hydrogen) atoms. The molecule has 0 radical (unpaired) electrons. The first-order chi connectivity index (χ1) is 6.57. The van der Waals surface area contributed by atoms with E-state index in [1.54, 1.807) is 13.0 Å². The highest BCUT2D eigenvalue weighted by molar-refractivity contribution is 9.10. The maximum atomic E-state index is 12.5. The molecule has 0 bridgehead atoms. The summed E-state index contributed by atoms with van der Waals surface area (Å²) in [6.07, 6.45) is -2.39. The van der Waals surface area contributed by atoms with Gasteiger partial charge in [0.05, 0.1) is 0 Å². The summed E-state index contributed by atoms with van der Waals surface area (Å²) in [4.78, 5) is 11.4. The van der Waals surface area contributed by atoms with Gasteiger partial charge in [-0.1, -0.05) is 35.0 Å². The summed E-state index contributed by atoms with van der Waals surface area (Å²) in [6.45, 7) is 1.65. The highest BCUT2D eigenvalue weighted by atomic mass is 79.9. The number of ketones is 1. The van der Waals surface area contributed by atoms with E-state index in [-0.39, 0.29) is 23.3 Å². The molecule has 1 aromatic rings. The fourth-order valence-electron chi connectivity index (χ4n) is 1.19. The summed E-state index contributed by atoms with van der Waals surface area (Å²) < 4.78 is 25.5. The Bertz CT molecular complexity index is 350. The van der Waals surface area contributed by atoms with Gasteiger partial charge in [-0.05, 0) is 6.07 Å². The Morgan fingerprint density at radius 3 is 2.64 bits per heavy atom. The zero-order valence-electron chi connectivity index (χ0n) is 7.56. The van der Waals surface area contributed by atoms with E-state index in [4.69, 9.17) is 0 Å². The van der Waals surface area contributed by atoms with Crippen LogP contribution in [-0.2, 0) is 0 Å². The standard InChI is InChI=1S/C10H9BrF2O/c1-2-8(14)9-6(10(12)13)4-3-5-7(9)11/h3-5,10H,2H2,1H3. The van der Waals surface area contributed by atoms with Gasteiger partial charge in [-0.3, -0.25) is 4.79 Å². The van der Waals surface area contributed by atoms with Crippen LogP contribution in [-0.4, -0.2) is 5.78 Å². The summed E-state index contributed by atoms with van der Waals surface area (Å²) >= 11 is 3.10. The Hall–Kier alpha value is -0.770. The van der Waals surface area contributed by atoms with Crippen molar-refractivity contribution in [2.75, 3.05) is 0 Å². The van der Waals surface area contributed by atoms with Gasteiger partial charge in [0.1, 0.15) is 0 Å². The monoisotopic (exact) mass is 262 g/mol. The van der Waals surface area contributed by atoms with E-state index in [9.17, 15) is 13.6 Å². The third kappa shape index (κ3) is 2.18. The average Bonchev–Trinajstić information content (AvgIpc) is 2.16. The van der Waals surface area contributed by atoms with Gasteiger partial charge in [0.25, 0.3) is 6.43 Å². The summed E-state index contributed by atoms with van der Waals surface area (Å²) in [6, 6.07) is 4.37. The number of carbonyl (C=O) groups excluding carboxylic acids is 1. The minimum atomic E-state index is -2.61. The average molecular weight is 263 g/mol. The molecule has 0 spiro atoms. The van der Waals surface area contributed by atoms with Crippen LogP contribution in [0.3, 0.4) is 0 Å². The normalized spacial score (nSPS) is 10.6. The highest BCUT2D eigenvalue weighted by Crippen LogP contribution is 2.29. The van der Waals surface area contributed by atoms with Crippen LogP contribution in [0.25, 0.3) is 0 Å². The lowest BCUT2D eigenvalue weighted by atomic mass is 10.0. The van der Waals surface area contributed by atoms with E-state index in [1.165, 1.54) is 12.1 Å². The third-order valence-electron chi connectivity index (χ3n) is 1.88. The van der Waals surface area contributed by atoms with Crippen molar-refractivity contribution in [2.24, 2.45) is 0 Å². The first kappa shape index (κ1) is 11.3. The van der Waals surface area contributed by atoms with Crippen molar-refractivity contribution < 1.29 is 13.6 Å². The zero-order valence-corrected chi connectivity index (χ0v) is 9.14. The first-order valence-electron chi connectivity index (χ1n) is 4.17. The van der Waals surface area contributed by atoms with Gasteiger partial charge in [0.15, 0.2) is 5.78 Å². The highest BCUT2D eigenvalue weighted by Gasteiger charge is 2.19. The maximum Gasteiger partial charge on any atom is 0.264 e. The van der Waals surface area contributed by atoms with Crippen LogP contribution in [0.4, 0.5) is 8.78 Å². The minimum absolute atomic E-state index is 0.102. The van der Waals surface area contributed by atoms with Crippen LogP contribution in [0.2, 0.25) is 0 Å². The van der Waals surface area contributed by atoms with Crippen molar-refractivity contribution in [1.29, 1.82) is 0 Å². The Kier molecular flexibility index (Phi) is 3.75. The molecule has 0 saturated heterocycles. The smallest absolute Gasteiger partial charge is 0.264 e. The Balaban J connectivity index is 3.29.